The quantitative estimate of drug-likeness (QED) is 0.895. The molecule has 0 fully saturated rings. The lowest BCUT2D eigenvalue weighted by Crippen LogP contribution is -2.32. The van der Waals surface area contributed by atoms with Crippen LogP contribution in [0.15, 0.2) is 22.7 Å². The number of methoxy groups -OCH3 is 1. The molecule has 0 aliphatic heterocycles. The summed E-state index contributed by atoms with van der Waals surface area (Å²) in [5.41, 5.74) is 6.76. The molecule has 1 rings (SSSR count). The topological polar surface area (TPSA) is 55.5 Å². The molecule has 0 unspecified atom stereocenters. The van der Waals surface area contributed by atoms with Crippen LogP contribution in [0.4, 0.5) is 0 Å². The molecule has 0 spiro atoms. The third-order valence-corrected chi connectivity index (χ3v) is 3.40. The molecule has 1 aromatic carbocycles. The van der Waals surface area contributed by atoms with Crippen LogP contribution in [0, 0.1) is 5.41 Å². The van der Waals surface area contributed by atoms with Crippen LogP contribution < -0.4 is 10.5 Å². The number of rotatable bonds is 4. The van der Waals surface area contributed by atoms with Crippen molar-refractivity contribution in [3.63, 3.8) is 0 Å². The first-order valence-electron chi connectivity index (χ1n) is 5.12. The van der Waals surface area contributed by atoms with Gasteiger partial charge in [-0.25, -0.2) is 0 Å². The van der Waals surface area contributed by atoms with Crippen LogP contribution in [0.3, 0.4) is 0 Å². The Kier molecular flexibility index (Phi) is 6.48. The molecule has 1 atom stereocenters. The minimum atomic E-state index is -0.339. The lowest BCUT2D eigenvalue weighted by Gasteiger charge is -2.30. The number of aliphatic hydroxyl groups excluding tert-OH is 1. The second-order valence-electron chi connectivity index (χ2n) is 4.52. The van der Waals surface area contributed by atoms with Gasteiger partial charge in [-0.2, -0.15) is 0 Å². The third-order valence-electron chi connectivity index (χ3n) is 2.78. The van der Waals surface area contributed by atoms with Crippen molar-refractivity contribution < 1.29 is 9.84 Å². The summed E-state index contributed by atoms with van der Waals surface area (Å²) in [6, 6.07) is 5.51. The number of halogens is 2. The van der Waals surface area contributed by atoms with Gasteiger partial charge in [0.2, 0.25) is 0 Å². The van der Waals surface area contributed by atoms with Crippen LogP contribution in [0.25, 0.3) is 0 Å². The van der Waals surface area contributed by atoms with Crippen LogP contribution in [-0.2, 0) is 0 Å². The van der Waals surface area contributed by atoms with E-state index in [1.54, 1.807) is 7.11 Å². The Morgan fingerprint density at radius 2 is 2.06 bits per heavy atom. The molecule has 0 bridgehead atoms. The maximum absolute atomic E-state index is 9.28. The van der Waals surface area contributed by atoms with Crippen molar-refractivity contribution in [3.05, 3.63) is 28.2 Å². The van der Waals surface area contributed by atoms with E-state index in [1.807, 2.05) is 32.0 Å². The number of hydrogen-bond donors (Lipinski definition) is 2. The molecule has 17 heavy (non-hydrogen) atoms. The van der Waals surface area contributed by atoms with Crippen molar-refractivity contribution >= 4 is 28.3 Å². The molecule has 0 saturated heterocycles. The molecule has 3 N–H and O–H groups in total. The second kappa shape index (κ2) is 6.59. The fourth-order valence-corrected chi connectivity index (χ4v) is 1.98. The summed E-state index contributed by atoms with van der Waals surface area (Å²) in [7, 11) is 1.62. The first kappa shape index (κ1) is 16.7. The third kappa shape index (κ3) is 3.85. The molecule has 0 heterocycles. The predicted octanol–water partition coefficient (Wildman–Crippen LogP) is 2.90. The Morgan fingerprint density at radius 3 is 2.47 bits per heavy atom. The van der Waals surface area contributed by atoms with Crippen molar-refractivity contribution in [2.45, 2.75) is 19.9 Å². The lowest BCUT2D eigenvalue weighted by molar-refractivity contribution is 0.132. The SMILES string of the molecule is COc1ccc([C@H](N)C(C)(C)CO)cc1Br.Cl. The Bertz CT molecular complexity index is 372. The Balaban J connectivity index is 0.00000256. The van der Waals surface area contributed by atoms with E-state index >= 15 is 0 Å². The zero-order valence-electron chi connectivity index (χ0n) is 10.2. The van der Waals surface area contributed by atoms with Crippen molar-refractivity contribution in [2.75, 3.05) is 13.7 Å². The molecule has 98 valence electrons. The smallest absolute Gasteiger partial charge is 0.133 e. The molecule has 5 heteroatoms. The van der Waals surface area contributed by atoms with E-state index in [2.05, 4.69) is 15.9 Å². The summed E-state index contributed by atoms with van der Waals surface area (Å²) < 4.78 is 6.03. The minimum absolute atomic E-state index is 0. The molecule has 0 aliphatic carbocycles. The van der Waals surface area contributed by atoms with Crippen molar-refractivity contribution in [1.29, 1.82) is 0 Å². The number of benzene rings is 1. The molecule has 0 radical (unpaired) electrons. The van der Waals surface area contributed by atoms with E-state index in [9.17, 15) is 5.11 Å². The summed E-state index contributed by atoms with van der Waals surface area (Å²) >= 11 is 3.42. The number of hydrogen-bond acceptors (Lipinski definition) is 3. The van der Waals surface area contributed by atoms with E-state index in [4.69, 9.17) is 10.5 Å². The summed E-state index contributed by atoms with van der Waals surface area (Å²) in [4.78, 5) is 0. The minimum Gasteiger partial charge on any atom is -0.496 e. The highest BCUT2D eigenvalue weighted by Gasteiger charge is 2.27. The second-order valence-corrected chi connectivity index (χ2v) is 5.37. The van der Waals surface area contributed by atoms with Crippen LogP contribution >= 0.6 is 28.3 Å². The van der Waals surface area contributed by atoms with E-state index < -0.39 is 0 Å². The Labute approximate surface area is 117 Å². The average molecular weight is 325 g/mol. The van der Waals surface area contributed by atoms with Gasteiger partial charge in [0.25, 0.3) is 0 Å². The maximum atomic E-state index is 9.28. The van der Waals surface area contributed by atoms with E-state index in [0.29, 0.717) is 0 Å². The van der Waals surface area contributed by atoms with Crippen LogP contribution in [-0.4, -0.2) is 18.8 Å². The summed E-state index contributed by atoms with van der Waals surface area (Å²) in [5, 5.41) is 9.28. The number of aliphatic hydroxyl groups is 1. The normalized spacial score (nSPS) is 12.8. The molecule has 3 nitrogen and oxygen atoms in total. The Hall–Kier alpha value is -0.290. The molecule has 0 amide bonds. The number of nitrogens with two attached hydrogens (primary N) is 1. The fourth-order valence-electron chi connectivity index (χ4n) is 1.43. The molecular weight excluding hydrogens is 305 g/mol. The van der Waals surface area contributed by atoms with Crippen molar-refractivity contribution in [2.24, 2.45) is 11.1 Å². The number of ether oxygens (including phenoxy) is 1. The maximum Gasteiger partial charge on any atom is 0.133 e. The summed E-state index contributed by atoms with van der Waals surface area (Å²) in [6.45, 7) is 3.93. The van der Waals surface area contributed by atoms with Gasteiger partial charge in [0.15, 0.2) is 0 Å². The van der Waals surface area contributed by atoms with Gasteiger partial charge in [-0.05, 0) is 33.6 Å². The first-order chi connectivity index (χ1) is 7.42. The van der Waals surface area contributed by atoms with Gasteiger partial charge in [0.1, 0.15) is 5.75 Å². The zero-order chi connectivity index (χ0) is 12.3. The van der Waals surface area contributed by atoms with E-state index in [0.717, 1.165) is 15.8 Å². The Morgan fingerprint density at radius 1 is 1.47 bits per heavy atom. The lowest BCUT2D eigenvalue weighted by atomic mass is 9.82. The van der Waals surface area contributed by atoms with Crippen LogP contribution in [0.2, 0.25) is 0 Å². The van der Waals surface area contributed by atoms with Crippen molar-refractivity contribution in [1.82, 2.24) is 0 Å². The van der Waals surface area contributed by atoms with Gasteiger partial charge in [0, 0.05) is 18.1 Å². The van der Waals surface area contributed by atoms with Gasteiger partial charge in [-0.1, -0.05) is 19.9 Å². The predicted molar refractivity (Wildman–Crippen MR) is 75.7 cm³/mol. The fraction of sp³-hybridized carbons (Fsp3) is 0.500. The van der Waals surface area contributed by atoms with Gasteiger partial charge < -0.3 is 15.6 Å². The molecule has 1 aromatic rings. The molecular formula is C12H19BrClNO2. The average Bonchev–Trinajstić information content (AvgIpc) is 2.27. The van der Waals surface area contributed by atoms with E-state index in [-0.39, 0.29) is 30.5 Å². The highest BCUT2D eigenvalue weighted by atomic mass is 79.9. The summed E-state index contributed by atoms with van der Waals surface area (Å²) in [5.74, 6) is 0.776. The van der Waals surface area contributed by atoms with Crippen molar-refractivity contribution in [3.8, 4) is 5.75 Å². The standard InChI is InChI=1S/C12H18BrNO2.ClH/c1-12(2,7-15)11(14)8-4-5-10(16-3)9(13)6-8;/h4-6,11,15H,7,14H2,1-3H3;1H/t11-;/m0./s1. The van der Waals surface area contributed by atoms with Gasteiger partial charge in [0.05, 0.1) is 11.6 Å². The van der Waals surface area contributed by atoms with Crippen LogP contribution in [0.5, 0.6) is 5.75 Å². The molecule has 0 aromatic heterocycles. The molecule has 0 saturated carbocycles. The molecule has 0 aliphatic rings. The highest BCUT2D eigenvalue weighted by molar-refractivity contribution is 9.10. The van der Waals surface area contributed by atoms with Gasteiger partial charge in [-0.15, -0.1) is 12.4 Å². The van der Waals surface area contributed by atoms with Crippen LogP contribution in [0.1, 0.15) is 25.5 Å². The monoisotopic (exact) mass is 323 g/mol. The first-order valence-corrected chi connectivity index (χ1v) is 5.91. The van der Waals surface area contributed by atoms with Gasteiger partial charge in [-0.3, -0.25) is 0 Å². The summed E-state index contributed by atoms with van der Waals surface area (Å²) in [6.07, 6.45) is 0. The zero-order valence-corrected chi connectivity index (χ0v) is 12.6. The van der Waals surface area contributed by atoms with Gasteiger partial charge >= 0.3 is 0 Å². The van der Waals surface area contributed by atoms with E-state index in [1.165, 1.54) is 0 Å². The highest BCUT2D eigenvalue weighted by Crippen LogP contribution is 2.34. The largest absolute Gasteiger partial charge is 0.496 e.